The lowest BCUT2D eigenvalue weighted by Gasteiger charge is -2.04. The Labute approximate surface area is 131 Å². The summed E-state index contributed by atoms with van der Waals surface area (Å²) in [6.07, 6.45) is 0. The van der Waals surface area contributed by atoms with E-state index in [0.717, 1.165) is 15.6 Å². The smallest absolute Gasteiger partial charge is 0.160 e. The molecule has 0 saturated heterocycles. The molecule has 0 aliphatic rings. The second-order valence-corrected chi connectivity index (χ2v) is 5.74. The molecule has 0 aliphatic carbocycles. The van der Waals surface area contributed by atoms with Gasteiger partial charge in [-0.25, -0.2) is 9.66 Å². The summed E-state index contributed by atoms with van der Waals surface area (Å²) in [4.78, 5) is 4.62. The molecular weight excluding hydrogens is 328 g/mol. The standard InChI is InChI=1S/C16H15BrN4/c1-10-7-8-12(13(17)9-10)14-15(18)21(19)16(20-14)11-5-3-2-4-6-11/h2-9H,18-19H2,1H3. The van der Waals surface area contributed by atoms with Crippen LogP contribution in [0.15, 0.2) is 53.0 Å². The van der Waals surface area contributed by atoms with Crippen LogP contribution in [0, 0.1) is 6.92 Å². The maximum absolute atomic E-state index is 6.13. The third-order valence-corrected chi connectivity index (χ3v) is 4.02. The van der Waals surface area contributed by atoms with E-state index in [1.54, 1.807) is 0 Å². The van der Waals surface area contributed by atoms with Gasteiger partial charge in [0.25, 0.3) is 0 Å². The average Bonchev–Trinajstić information content (AvgIpc) is 2.77. The molecule has 4 nitrogen and oxygen atoms in total. The van der Waals surface area contributed by atoms with Gasteiger partial charge >= 0.3 is 0 Å². The number of halogens is 1. The van der Waals surface area contributed by atoms with Crippen LogP contribution in [0.25, 0.3) is 22.6 Å². The van der Waals surface area contributed by atoms with E-state index < -0.39 is 0 Å². The molecule has 0 spiro atoms. The fourth-order valence-corrected chi connectivity index (χ4v) is 2.93. The highest BCUT2D eigenvalue weighted by atomic mass is 79.9. The van der Waals surface area contributed by atoms with Gasteiger partial charge in [-0.2, -0.15) is 0 Å². The van der Waals surface area contributed by atoms with E-state index in [4.69, 9.17) is 11.6 Å². The Morgan fingerprint density at radius 2 is 1.81 bits per heavy atom. The molecule has 2 aromatic carbocycles. The zero-order chi connectivity index (χ0) is 15.0. The molecular formula is C16H15BrN4. The summed E-state index contributed by atoms with van der Waals surface area (Å²) in [5, 5.41) is 0. The van der Waals surface area contributed by atoms with Gasteiger partial charge in [-0.05, 0) is 18.6 Å². The minimum atomic E-state index is 0.443. The van der Waals surface area contributed by atoms with Gasteiger partial charge in [0.05, 0.1) is 0 Å². The van der Waals surface area contributed by atoms with Gasteiger partial charge in [0.2, 0.25) is 0 Å². The van der Waals surface area contributed by atoms with Crippen LogP contribution < -0.4 is 11.6 Å². The predicted octanol–water partition coefficient (Wildman–Crippen LogP) is 3.58. The first-order valence-corrected chi connectivity index (χ1v) is 7.32. The van der Waals surface area contributed by atoms with Crippen molar-refractivity contribution in [2.75, 3.05) is 11.6 Å². The van der Waals surface area contributed by atoms with E-state index >= 15 is 0 Å². The molecule has 3 aromatic rings. The van der Waals surface area contributed by atoms with Crippen LogP contribution in [-0.4, -0.2) is 9.66 Å². The fraction of sp³-hybridized carbons (Fsp3) is 0.0625. The van der Waals surface area contributed by atoms with Gasteiger partial charge in [0, 0.05) is 15.6 Å². The Morgan fingerprint density at radius 3 is 2.48 bits per heavy atom. The van der Waals surface area contributed by atoms with Crippen molar-refractivity contribution in [2.45, 2.75) is 6.92 Å². The van der Waals surface area contributed by atoms with Crippen LogP contribution >= 0.6 is 15.9 Å². The zero-order valence-corrected chi connectivity index (χ0v) is 13.1. The Bertz CT molecular complexity index is 794. The molecule has 106 valence electrons. The number of aromatic nitrogens is 2. The largest absolute Gasteiger partial charge is 0.382 e. The van der Waals surface area contributed by atoms with Crippen LogP contribution in [0.2, 0.25) is 0 Å². The number of benzene rings is 2. The molecule has 0 unspecified atom stereocenters. The number of nitrogens with two attached hydrogens (primary N) is 2. The summed E-state index contributed by atoms with van der Waals surface area (Å²) in [5.74, 6) is 7.16. The lowest BCUT2D eigenvalue weighted by molar-refractivity contribution is 1.02. The first-order chi connectivity index (χ1) is 10.1. The first-order valence-electron chi connectivity index (χ1n) is 6.53. The Hall–Kier alpha value is -2.27. The number of nitrogens with zero attached hydrogens (tertiary/aromatic N) is 2. The quantitative estimate of drug-likeness (QED) is 0.699. The van der Waals surface area contributed by atoms with Gasteiger partial charge in [-0.15, -0.1) is 0 Å². The summed E-state index contributed by atoms with van der Waals surface area (Å²) >= 11 is 3.56. The molecule has 1 aromatic heterocycles. The lowest BCUT2D eigenvalue weighted by Crippen LogP contribution is -2.13. The van der Waals surface area contributed by atoms with Crippen molar-refractivity contribution in [1.82, 2.24) is 9.66 Å². The maximum Gasteiger partial charge on any atom is 0.160 e. The van der Waals surface area contributed by atoms with Crippen LogP contribution in [0.5, 0.6) is 0 Å². The highest BCUT2D eigenvalue weighted by Crippen LogP contribution is 2.34. The first kappa shape index (κ1) is 13.7. The molecule has 4 N–H and O–H groups in total. The summed E-state index contributed by atoms with van der Waals surface area (Å²) < 4.78 is 2.38. The number of anilines is 1. The normalized spacial score (nSPS) is 10.8. The van der Waals surface area contributed by atoms with Crippen molar-refractivity contribution in [1.29, 1.82) is 0 Å². The average molecular weight is 343 g/mol. The molecule has 1 heterocycles. The van der Waals surface area contributed by atoms with Crippen molar-refractivity contribution >= 4 is 21.7 Å². The molecule has 0 saturated carbocycles. The molecule has 21 heavy (non-hydrogen) atoms. The molecule has 0 fully saturated rings. The minimum Gasteiger partial charge on any atom is -0.382 e. The molecule has 3 rings (SSSR count). The number of hydrogen-bond acceptors (Lipinski definition) is 3. The van der Waals surface area contributed by atoms with E-state index in [9.17, 15) is 0 Å². The van der Waals surface area contributed by atoms with E-state index in [1.807, 2.05) is 55.5 Å². The summed E-state index contributed by atoms with van der Waals surface area (Å²) in [5.41, 5.74) is 9.85. The third kappa shape index (κ3) is 2.40. The van der Waals surface area contributed by atoms with E-state index in [0.29, 0.717) is 17.3 Å². The van der Waals surface area contributed by atoms with Gasteiger partial charge in [-0.1, -0.05) is 58.4 Å². The Balaban J connectivity index is 2.17. The predicted molar refractivity (Wildman–Crippen MR) is 90.1 cm³/mol. The van der Waals surface area contributed by atoms with Crippen LogP contribution in [0.3, 0.4) is 0 Å². The zero-order valence-electron chi connectivity index (χ0n) is 11.5. The number of aryl methyl sites for hydroxylation is 1. The topological polar surface area (TPSA) is 69.9 Å². The second kappa shape index (κ2) is 5.26. The van der Waals surface area contributed by atoms with Gasteiger partial charge in [0.15, 0.2) is 11.6 Å². The maximum atomic E-state index is 6.13. The van der Waals surface area contributed by atoms with Crippen molar-refractivity contribution in [3.8, 4) is 22.6 Å². The van der Waals surface area contributed by atoms with Crippen LogP contribution in [0.1, 0.15) is 5.56 Å². The van der Waals surface area contributed by atoms with Gasteiger partial charge < -0.3 is 11.6 Å². The lowest BCUT2D eigenvalue weighted by atomic mass is 10.1. The SMILES string of the molecule is Cc1ccc(-c2nc(-c3ccccc3)n(N)c2N)c(Br)c1. The number of imidazole rings is 1. The van der Waals surface area contributed by atoms with Crippen molar-refractivity contribution in [3.05, 3.63) is 58.6 Å². The van der Waals surface area contributed by atoms with E-state index in [2.05, 4.69) is 20.9 Å². The summed E-state index contributed by atoms with van der Waals surface area (Å²) in [7, 11) is 0. The van der Waals surface area contributed by atoms with Crippen molar-refractivity contribution < 1.29 is 0 Å². The van der Waals surface area contributed by atoms with Gasteiger partial charge in [-0.3, -0.25) is 0 Å². The molecule has 0 aliphatic heterocycles. The third-order valence-electron chi connectivity index (χ3n) is 3.36. The Kier molecular flexibility index (Phi) is 3.43. The minimum absolute atomic E-state index is 0.443. The van der Waals surface area contributed by atoms with Crippen molar-refractivity contribution in [2.24, 2.45) is 0 Å². The molecule has 5 heteroatoms. The highest BCUT2D eigenvalue weighted by Gasteiger charge is 2.17. The van der Waals surface area contributed by atoms with Crippen LogP contribution in [0.4, 0.5) is 5.82 Å². The summed E-state index contributed by atoms with van der Waals surface area (Å²) in [6.45, 7) is 2.04. The molecule has 0 atom stereocenters. The fourth-order valence-electron chi connectivity index (χ4n) is 2.25. The van der Waals surface area contributed by atoms with Crippen LogP contribution in [-0.2, 0) is 0 Å². The van der Waals surface area contributed by atoms with Crippen molar-refractivity contribution in [3.63, 3.8) is 0 Å². The molecule has 0 amide bonds. The Morgan fingerprint density at radius 1 is 1.10 bits per heavy atom. The highest BCUT2D eigenvalue weighted by molar-refractivity contribution is 9.10. The number of nitrogen functional groups attached to an aromatic ring is 2. The molecule has 0 bridgehead atoms. The summed E-state index contributed by atoms with van der Waals surface area (Å²) in [6, 6.07) is 15.8. The van der Waals surface area contributed by atoms with Gasteiger partial charge in [0.1, 0.15) is 5.69 Å². The second-order valence-electron chi connectivity index (χ2n) is 4.89. The molecule has 0 radical (unpaired) electrons. The number of rotatable bonds is 2. The number of hydrogen-bond donors (Lipinski definition) is 2. The monoisotopic (exact) mass is 342 g/mol. The van der Waals surface area contributed by atoms with E-state index in [1.165, 1.54) is 10.2 Å². The van der Waals surface area contributed by atoms with E-state index in [-0.39, 0.29) is 0 Å².